The number of carboxylic acid groups (broad SMARTS) is 1. The largest absolute Gasteiger partial charge is 0.494 e. The van der Waals surface area contributed by atoms with Gasteiger partial charge in [0.05, 0.1) is 49.9 Å². The van der Waals surface area contributed by atoms with E-state index in [1.807, 2.05) is 26.5 Å². The first-order chi connectivity index (χ1) is 43.0. The van der Waals surface area contributed by atoms with Gasteiger partial charge in [-0.3, -0.25) is 68.4 Å². The molecule has 3 fully saturated rings. The molecule has 0 bridgehead atoms. The summed E-state index contributed by atoms with van der Waals surface area (Å²) in [7, 11) is 0. The highest BCUT2D eigenvalue weighted by molar-refractivity contribution is 6.07. The van der Waals surface area contributed by atoms with Crippen molar-refractivity contribution in [1.29, 1.82) is 0 Å². The van der Waals surface area contributed by atoms with Crippen molar-refractivity contribution >= 4 is 65.6 Å². The predicted molar refractivity (Wildman–Crippen MR) is 328 cm³/mol. The van der Waals surface area contributed by atoms with E-state index in [0.29, 0.717) is 146 Å². The number of hydrogen-bond donors (Lipinski definition) is 5. The highest BCUT2D eigenvalue weighted by Crippen LogP contribution is 2.32. The van der Waals surface area contributed by atoms with Crippen molar-refractivity contribution in [3.8, 4) is 18.1 Å². The maximum absolute atomic E-state index is 14.0. The standard InChI is InChI=1S/C63H88F2N12O12/c1-3-51-39-63(64,65)43-77(51)60(83)40-68-62(86)53-21-26-66-55-20-19-52(38-54(53)55)89-37-7-5-10-50-22-27-76(28-23-50)59(82)14-9-25-69-71-56(12-4-6-24-67-57(80)13-8-11-49-17-15-48(2)16-18-49)70-58(81)41-72-29-30-73(42-61(84)85)32-34-75(45-88-47-79)36-35-74(33-31-72)44-87-46-78/h1,15-21,25-26,38,46-47,50-51,56,71H,4-14,22-24,27-37,39-45H2,2H3,(H,67,80)(H,68,86)(H,70,81)(H,84,85)/b69-25-/t51-,56?/m0/s1. The number of aliphatic carboxylic acids is 1. The average molecular weight is 1240 g/mol. The van der Waals surface area contributed by atoms with E-state index in [2.05, 4.69) is 61.6 Å². The molecule has 2 aromatic carbocycles. The van der Waals surface area contributed by atoms with Crippen molar-refractivity contribution in [2.75, 3.05) is 118 Å². The molecule has 3 saturated heterocycles. The van der Waals surface area contributed by atoms with Crippen LogP contribution < -0.4 is 26.1 Å². The molecule has 2 atom stereocenters. The number of ether oxygens (including phenoxy) is 3. The number of aryl methyl sites for hydroxylation is 2. The van der Waals surface area contributed by atoms with E-state index in [4.69, 9.17) is 20.6 Å². The summed E-state index contributed by atoms with van der Waals surface area (Å²) in [6, 6.07) is 14.0. The number of alkyl halides is 2. The Morgan fingerprint density at radius 1 is 0.798 bits per heavy atom. The van der Waals surface area contributed by atoms with Crippen LogP contribution in [-0.4, -0.2) is 231 Å². The molecule has 1 unspecified atom stereocenters. The molecule has 3 aromatic rings. The van der Waals surface area contributed by atoms with Crippen LogP contribution in [0.4, 0.5) is 8.78 Å². The number of nitrogens with zero attached hydrogens (tertiary/aromatic N) is 8. The van der Waals surface area contributed by atoms with E-state index in [1.54, 1.807) is 29.3 Å². The zero-order chi connectivity index (χ0) is 63.8. The van der Waals surface area contributed by atoms with Crippen LogP contribution in [0.3, 0.4) is 0 Å². The smallest absolute Gasteiger partial charge is 0.317 e. The normalized spacial score (nSPS) is 17.8. The lowest BCUT2D eigenvalue weighted by Gasteiger charge is -2.33. The first-order valence-corrected chi connectivity index (χ1v) is 30.8. The summed E-state index contributed by atoms with van der Waals surface area (Å²) in [5.41, 5.74) is 6.24. The van der Waals surface area contributed by atoms with Gasteiger partial charge in [-0.1, -0.05) is 42.2 Å². The lowest BCUT2D eigenvalue weighted by molar-refractivity contribution is -0.139. The predicted octanol–water partition coefficient (Wildman–Crippen LogP) is 3.60. The number of likely N-dealkylation sites (tertiary alicyclic amines) is 2. The summed E-state index contributed by atoms with van der Waals surface area (Å²) in [6.07, 6.45) is 16.1. The molecule has 89 heavy (non-hydrogen) atoms. The molecule has 3 aliphatic rings. The molecule has 5 amide bonds. The number of carbonyl (C=O) groups is 8. The van der Waals surface area contributed by atoms with Gasteiger partial charge in [0.15, 0.2) is 0 Å². The van der Waals surface area contributed by atoms with Crippen LogP contribution >= 0.6 is 0 Å². The Morgan fingerprint density at radius 2 is 1.47 bits per heavy atom. The topological polar surface area (TPSA) is 277 Å². The molecule has 1 aromatic heterocycles. The van der Waals surface area contributed by atoms with Gasteiger partial charge in [-0.2, -0.15) is 5.10 Å². The number of pyridine rings is 1. The number of amides is 5. The SMILES string of the molecule is C#C[C@H]1CC(F)(F)CN1C(=O)CNC(=O)c1ccnc2ccc(OCCCCC3CCN(C(=O)CC/C=N\NC(CCCCNC(=O)CCCc4ccc(C)cc4)NC(=O)CN4CCN(COC=O)CCN(COC=O)CCN(CC(=O)O)CC4)CC3)cc12. The van der Waals surface area contributed by atoms with Gasteiger partial charge in [0.2, 0.25) is 23.6 Å². The number of aromatic nitrogens is 1. The van der Waals surface area contributed by atoms with Crippen LogP contribution in [0.25, 0.3) is 10.9 Å². The third kappa shape index (κ3) is 25.6. The maximum Gasteiger partial charge on any atom is 0.317 e. The van der Waals surface area contributed by atoms with Gasteiger partial charge in [0.25, 0.3) is 24.8 Å². The summed E-state index contributed by atoms with van der Waals surface area (Å²) in [5.74, 6) is -2.41. The number of halogens is 2. The zero-order valence-corrected chi connectivity index (χ0v) is 51.1. The molecule has 486 valence electrons. The van der Waals surface area contributed by atoms with Crippen LogP contribution in [-0.2, 0) is 49.5 Å². The van der Waals surface area contributed by atoms with Crippen LogP contribution in [0.2, 0.25) is 0 Å². The third-order valence-electron chi connectivity index (χ3n) is 16.1. The van der Waals surface area contributed by atoms with Gasteiger partial charge in [0.1, 0.15) is 25.4 Å². The van der Waals surface area contributed by atoms with Crippen molar-refractivity contribution in [1.82, 2.24) is 55.8 Å². The van der Waals surface area contributed by atoms with E-state index < -0.39 is 55.4 Å². The highest BCUT2D eigenvalue weighted by atomic mass is 19.3. The number of piperidine rings is 1. The summed E-state index contributed by atoms with van der Waals surface area (Å²) in [6.45, 7) is 6.53. The van der Waals surface area contributed by atoms with Crippen molar-refractivity contribution in [3.05, 3.63) is 71.4 Å². The first kappa shape index (κ1) is 70.2. The number of nitrogens with one attached hydrogen (secondary N) is 4. The Hall–Kier alpha value is -7.86. The molecule has 0 radical (unpaired) electrons. The maximum atomic E-state index is 14.0. The Bertz CT molecular complexity index is 2840. The second-order valence-electron chi connectivity index (χ2n) is 22.9. The van der Waals surface area contributed by atoms with E-state index in [-0.39, 0.29) is 56.3 Å². The number of fused-ring (bicyclic) bond motifs is 1. The monoisotopic (exact) mass is 1240 g/mol. The molecule has 0 saturated carbocycles. The fraction of sp³-hybridized carbons (Fsp3) is 0.587. The number of carboxylic acids is 1. The lowest BCUT2D eigenvalue weighted by atomic mass is 9.91. The van der Waals surface area contributed by atoms with Gasteiger partial charge < -0.3 is 45.1 Å². The Kier molecular flexibility index (Phi) is 29.9. The molecular weight excluding hydrogens is 1150 g/mol. The molecule has 6 rings (SSSR count). The van der Waals surface area contributed by atoms with Crippen molar-refractivity contribution in [3.63, 3.8) is 0 Å². The number of hydrazone groups is 1. The van der Waals surface area contributed by atoms with Gasteiger partial charge in [-0.05, 0) is 107 Å². The van der Waals surface area contributed by atoms with Crippen molar-refractivity contribution in [2.45, 2.75) is 115 Å². The van der Waals surface area contributed by atoms with Crippen LogP contribution in [0.1, 0.15) is 105 Å². The molecule has 4 heterocycles. The van der Waals surface area contributed by atoms with Crippen molar-refractivity contribution < 1.29 is 66.5 Å². The number of unbranched alkanes of at least 4 members (excludes halogenated alkanes) is 2. The number of rotatable bonds is 34. The molecular formula is C63H88F2N12O12. The van der Waals surface area contributed by atoms with E-state index in [0.717, 1.165) is 49.8 Å². The van der Waals surface area contributed by atoms with Gasteiger partial charge in [0, 0.05) is 109 Å². The van der Waals surface area contributed by atoms with E-state index in [9.17, 15) is 52.2 Å². The van der Waals surface area contributed by atoms with Gasteiger partial charge >= 0.3 is 5.97 Å². The Balaban J connectivity index is 0.934. The summed E-state index contributed by atoms with van der Waals surface area (Å²) in [4.78, 5) is 114. The quantitative estimate of drug-likeness (QED) is 0.0143. The minimum atomic E-state index is -3.09. The molecule has 26 heteroatoms. The molecule has 0 aliphatic carbocycles. The van der Waals surface area contributed by atoms with Crippen LogP contribution in [0, 0.1) is 25.2 Å². The lowest BCUT2D eigenvalue weighted by Crippen LogP contribution is -2.51. The Morgan fingerprint density at radius 3 is 2.13 bits per heavy atom. The third-order valence-corrected chi connectivity index (χ3v) is 16.1. The van der Waals surface area contributed by atoms with Crippen LogP contribution in [0.15, 0.2) is 59.8 Å². The molecule has 0 spiro atoms. The van der Waals surface area contributed by atoms with Gasteiger partial charge in [-0.15, -0.1) is 6.42 Å². The number of hydrogen-bond acceptors (Lipinski definition) is 18. The average Bonchev–Trinajstić information content (AvgIpc) is 2.10. The highest BCUT2D eigenvalue weighted by Gasteiger charge is 2.46. The number of terminal acetylenes is 1. The van der Waals surface area contributed by atoms with E-state index in [1.165, 1.54) is 23.4 Å². The summed E-state index contributed by atoms with van der Waals surface area (Å²) >= 11 is 0. The number of benzene rings is 2. The summed E-state index contributed by atoms with van der Waals surface area (Å²) < 4.78 is 44.1. The second-order valence-corrected chi connectivity index (χ2v) is 22.9. The van der Waals surface area contributed by atoms with Gasteiger partial charge in [-0.25, -0.2) is 8.78 Å². The fourth-order valence-electron chi connectivity index (χ4n) is 11.0. The van der Waals surface area contributed by atoms with Crippen molar-refractivity contribution in [2.24, 2.45) is 11.0 Å². The molecule has 5 N–H and O–H groups in total. The minimum Gasteiger partial charge on any atom is -0.494 e. The van der Waals surface area contributed by atoms with Crippen LogP contribution in [0.5, 0.6) is 5.75 Å². The first-order valence-electron chi connectivity index (χ1n) is 30.8. The fourth-order valence-corrected chi connectivity index (χ4v) is 11.0. The Labute approximate surface area is 519 Å². The number of carbonyl (C=O) groups excluding carboxylic acids is 7. The molecule has 24 nitrogen and oxygen atoms in total. The zero-order valence-electron chi connectivity index (χ0n) is 51.1. The summed E-state index contributed by atoms with van der Waals surface area (Å²) in [5, 5.41) is 23.3. The van der Waals surface area contributed by atoms with E-state index >= 15 is 0 Å². The second kappa shape index (κ2) is 37.9. The molecule has 3 aliphatic heterocycles. The minimum absolute atomic E-state index is 0.00569.